The first kappa shape index (κ1) is 14.7. The van der Waals surface area contributed by atoms with Crippen LogP contribution in [0.4, 0.5) is 5.69 Å². The van der Waals surface area contributed by atoms with E-state index in [1.54, 1.807) is 25.2 Å². The Labute approximate surface area is 130 Å². The van der Waals surface area contributed by atoms with Crippen molar-refractivity contribution in [3.8, 4) is 11.5 Å². The van der Waals surface area contributed by atoms with Gasteiger partial charge < -0.3 is 9.47 Å². The summed E-state index contributed by atoms with van der Waals surface area (Å²) in [4.78, 5) is 0. The van der Waals surface area contributed by atoms with E-state index in [2.05, 4.69) is 0 Å². The van der Waals surface area contributed by atoms with E-state index in [9.17, 15) is 8.42 Å². The molecule has 2 aromatic rings. The van der Waals surface area contributed by atoms with Crippen molar-refractivity contribution in [3.05, 3.63) is 53.6 Å². The Kier molecular flexibility index (Phi) is 3.70. The summed E-state index contributed by atoms with van der Waals surface area (Å²) >= 11 is 0. The van der Waals surface area contributed by atoms with Crippen LogP contribution in [0.5, 0.6) is 11.5 Å². The first-order chi connectivity index (χ1) is 10.5. The van der Waals surface area contributed by atoms with Crippen molar-refractivity contribution < 1.29 is 17.9 Å². The molecule has 3 rings (SSSR count). The molecule has 1 aliphatic heterocycles. The Morgan fingerprint density at radius 2 is 1.73 bits per heavy atom. The van der Waals surface area contributed by atoms with E-state index in [0.29, 0.717) is 17.2 Å². The number of fused-ring (bicyclic) bond motifs is 1. The lowest BCUT2D eigenvalue weighted by Gasteiger charge is -2.19. The van der Waals surface area contributed by atoms with Crippen molar-refractivity contribution >= 4 is 15.7 Å². The maximum absolute atomic E-state index is 12.5. The van der Waals surface area contributed by atoms with Crippen molar-refractivity contribution in [1.29, 1.82) is 0 Å². The van der Waals surface area contributed by atoms with Crippen molar-refractivity contribution in [2.24, 2.45) is 0 Å². The Morgan fingerprint density at radius 1 is 1.05 bits per heavy atom. The zero-order chi connectivity index (χ0) is 15.7. The van der Waals surface area contributed by atoms with Gasteiger partial charge in [0.1, 0.15) is 0 Å². The lowest BCUT2D eigenvalue weighted by atomic mass is 10.2. The van der Waals surface area contributed by atoms with Crippen LogP contribution in [0, 0.1) is 6.92 Å². The van der Waals surface area contributed by atoms with Crippen molar-refractivity contribution in [3.63, 3.8) is 0 Å². The van der Waals surface area contributed by atoms with Gasteiger partial charge in [-0.3, -0.25) is 4.31 Å². The molecule has 0 atom stereocenters. The number of hydrogen-bond donors (Lipinski definition) is 0. The zero-order valence-electron chi connectivity index (χ0n) is 12.4. The largest absolute Gasteiger partial charge is 0.454 e. The van der Waals surface area contributed by atoms with Crippen molar-refractivity contribution in [1.82, 2.24) is 0 Å². The molecule has 0 aromatic heterocycles. The van der Waals surface area contributed by atoms with Gasteiger partial charge in [0.25, 0.3) is 0 Å². The van der Waals surface area contributed by atoms with Crippen LogP contribution in [0.3, 0.4) is 0 Å². The summed E-state index contributed by atoms with van der Waals surface area (Å²) in [5, 5.41) is 0. The van der Waals surface area contributed by atoms with E-state index in [1.165, 1.54) is 4.31 Å². The fourth-order valence-corrected chi connectivity index (χ4v) is 3.48. The molecule has 22 heavy (non-hydrogen) atoms. The number of sulfonamides is 1. The van der Waals surface area contributed by atoms with Crippen LogP contribution < -0.4 is 13.8 Å². The van der Waals surface area contributed by atoms with Gasteiger partial charge in [-0.2, -0.15) is 0 Å². The van der Waals surface area contributed by atoms with Crippen LogP contribution in [0.1, 0.15) is 11.1 Å². The first-order valence-corrected chi connectivity index (χ1v) is 8.48. The highest BCUT2D eigenvalue weighted by Gasteiger charge is 2.22. The van der Waals surface area contributed by atoms with Gasteiger partial charge in [-0.15, -0.1) is 0 Å². The quantitative estimate of drug-likeness (QED) is 0.869. The van der Waals surface area contributed by atoms with Crippen LogP contribution in [0.2, 0.25) is 0 Å². The van der Waals surface area contributed by atoms with Gasteiger partial charge in [-0.05, 0) is 24.6 Å². The van der Waals surface area contributed by atoms with Gasteiger partial charge in [-0.1, -0.05) is 29.8 Å². The highest BCUT2D eigenvalue weighted by molar-refractivity contribution is 7.92. The highest BCUT2D eigenvalue weighted by Crippen LogP contribution is 2.36. The van der Waals surface area contributed by atoms with Gasteiger partial charge in [0, 0.05) is 13.1 Å². The molecular weight excluding hydrogens is 302 g/mol. The maximum Gasteiger partial charge on any atom is 0.239 e. The lowest BCUT2D eigenvalue weighted by molar-refractivity contribution is 0.174. The van der Waals surface area contributed by atoms with Gasteiger partial charge in [0.05, 0.1) is 11.4 Å². The monoisotopic (exact) mass is 319 g/mol. The average molecular weight is 319 g/mol. The SMILES string of the molecule is Cc1ccc(CS(=O)(=O)N(C)c2ccc3c(c2)OCO3)cc1. The highest BCUT2D eigenvalue weighted by atomic mass is 32.2. The standard InChI is InChI=1S/C16H17NO4S/c1-12-3-5-13(6-4-12)10-22(18,19)17(2)14-7-8-15-16(9-14)21-11-20-15/h3-9H,10-11H2,1-2H3. The van der Waals surface area contributed by atoms with Crippen LogP contribution in [-0.4, -0.2) is 22.3 Å². The topological polar surface area (TPSA) is 55.8 Å². The molecule has 0 unspecified atom stereocenters. The molecule has 0 spiro atoms. The minimum atomic E-state index is -3.46. The van der Waals surface area contributed by atoms with E-state index in [4.69, 9.17) is 9.47 Å². The summed E-state index contributed by atoms with van der Waals surface area (Å²) < 4.78 is 36.9. The molecule has 6 heteroatoms. The molecular formula is C16H17NO4S. The number of rotatable bonds is 4. The number of nitrogens with zero attached hydrogens (tertiary/aromatic N) is 1. The second-order valence-corrected chi connectivity index (χ2v) is 7.25. The Morgan fingerprint density at radius 3 is 2.45 bits per heavy atom. The van der Waals surface area contributed by atoms with Gasteiger partial charge in [-0.25, -0.2) is 8.42 Å². The van der Waals surface area contributed by atoms with Crippen molar-refractivity contribution in [2.75, 3.05) is 18.1 Å². The summed E-state index contributed by atoms with van der Waals surface area (Å²) in [5.74, 6) is 1.15. The minimum Gasteiger partial charge on any atom is -0.454 e. The third-order valence-electron chi connectivity index (χ3n) is 3.61. The van der Waals surface area contributed by atoms with Crippen LogP contribution >= 0.6 is 0 Å². The van der Waals surface area contributed by atoms with E-state index >= 15 is 0 Å². The summed E-state index contributed by atoms with van der Waals surface area (Å²) in [6, 6.07) is 12.6. The molecule has 0 N–H and O–H groups in total. The molecule has 0 amide bonds. The van der Waals surface area contributed by atoms with Gasteiger partial charge in [0.2, 0.25) is 16.8 Å². The molecule has 0 bridgehead atoms. The number of anilines is 1. The lowest BCUT2D eigenvalue weighted by Crippen LogP contribution is -2.27. The second kappa shape index (κ2) is 5.53. The summed E-state index contributed by atoms with van der Waals surface area (Å²) in [5.41, 5.74) is 2.42. The predicted octanol–water partition coefficient (Wildman–Crippen LogP) is 2.69. The minimum absolute atomic E-state index is 0.0434. The van der Waals surface area contributed by atoms with Gasteiger partial charge in [0.15, 0.2) is 11.5 Å². The predicted molar refractivity (Wildman–Crippen MR) is 84.8 cm³/mol. The van der Waals surface area contributed by atoms with Crippen LogP contribution in [0.15, 0.2) is 42.5 Å². The summed E-state index contributed by atoms with van der Waals surface area (Å²) in [7, 11) is -1.92. The number of benzene rings is 2. The van der Waals surface area contributed by atoms with E-state index < -0.39 is 10.0 Å². The smallest absolute Gasteiger partial charge is 0.239 e. The molecule has 116 valence electrons. The summed E-state index contributed by atoms with van der Waals surface area (Å²) in [6.07, 6.45) is 0. The zero-order valence-corrected chi connectivity index (χ0v) is 13.3. The van der Waals surface area contributed by atoms with Crippen LogP contribution in [-0.2, 0) is 15.8 Å². The summed E-state index contributed by atoms with van der Waals surface area (Å²) in [6.45, 7) is 2.13. The van der Waals surface area contributed by atoms with E-state index in [1.807, 2.05) is 31.2 Å². The molecule has 5 nitrogen and oxygen atoms in total. The number of hydrogen-bond acceptors (Lipinski definition) is 4. The fraction of sp³-hybridized carbons (Fsp3) is 0.250. The molecule has 0 radical (unpaired) electrons. The number of aryl methyl sites for hydroxylation is 1. The van der Waals surface area contributed by atoms with Crippen molar-refractivity contribution in [2.45, 2.75) is 12.7 Å². The Bertz CT molecular complexity index is 784. The first-order valence-electron chi connectivity index (χ1n) is 6.87. The third-order valence-corrected chi connectivity index (χ3v) is 5.35. The fourth-order valence-electron chi connectivity index (χ4n) is 2.23. The maximum atomic E-state index is 12.5. The van der Waals surface area contributed by atoms with Gasteiger partial charge >= 0.3 is 0 Å². The van der Waals surface area contributed by atoms with Crippen LogP contribution in [0.25, 0.3) is 0 Å². The number of ether oxygens (including phenoxy) is 2. The molecule has 0 saturated carbocycles. The third kappa shape index (κ3) is 2.87. The molecule has 0 fully saturated rings. The molecule has 2 aromatic carbocycles. The Hall–Kier alpha value is -2.21. The second-order valence-electron chi connectivity index (χ2n) is 5.25. The average Bonchev–Trinajstić information content (AvgIpc) is 2.96. The van der Waals surface area contributed by atoms with E-state index in [0.717, 1.165) is 11.1 Å². The Balaban J connectivity index is 1.83. The molecule has 0 saturated heterocycles. The molecule has 0 aliphatic carbocycles. The normalized spacial score (nSPS) is 13.2. The molecule has 1 heterocycles. The molecule has 1 aliphatic rings. The van der Waals surface area contributed by atoms with E-state index in [-0.39, 0.29) is 12.5 Å².